The number of likely N-dealkylation sites (N-methyl/N-ethyl adjacent to an activating group) is 1. The summed E-state index contributed by atoms with van der Waals surface area (Å²) in [7, 11) is 1.75. The van der Waals surface area contributed by atoms with E-state index in [1.54, 1.807) is 16.8 Å². The molecule has 1 unspecified atom stereocenters. The van der Waals surface area contributed by atoms with Crippen molar-refractivity contribution in [2.45, 2.75) is 12.5 Å². The summed E-state index contributed by atoms with van der Waals surface area (Å²) in [5, 5.41) is 8.68. The number of carbonyl (C=O) groups excluding carboxylic acids is 1. The lowest BCUT2D eigenvalue weighted by Gasteiger charge is -2.17. The van der Waals surface area contributed by atoms with E-state index in [0.717, 1.165) is 10.0 Å². The Hall–Kier alpha value is -1.56. The van der Waals surface area contributed by atoms with Crippen LogP contribution in [0.1, 0.15) is 18.0 Å². The number of benzene rings is 1. The maximum atomic E-state index is 12.0. The molecular weight excluding hydrogens is 312 g/mol. The number of carboxylic acids is 1. The summed E-state index contributed by atoms with van der Waals surface area (Å²) in [6, 6.07) is 7.68. The second kappa shape index (κ2) is 5.61. The zero-order valence-corrected chi connectivity index (χ0v) is 12.1. The molecule has 1 saturated heterocycles. The van der Waals surface area contributed by atoms with Gasteiger partial charge in [0, 0.05) is 24.6 Å². The Morgan fingerprint density at radius 3 is 2.63 bits per heavy atom. The molecule has 1 aliphatic rings. The third-order valence-corrected chi connectivity index (χ3v) is 3.81. The minimum Gasteiger partial charge on any atom is -0.481 e. The molecule has 1 fully saturated rings. The molecule has 6 heteroatoms. The third-order valence-electron chi connectivity index (χ3n) is 3.28. The molecule has 19 heavy (non-hydrogen) atoms. The van der Waals surface area contributed by atoms with Crippen molar-refractivity contribution in [1.29, 1.82) is 0 Å². The standard InChI is InChI=1S/C13H15BrN2O3/c1-15-11(9-2-4-10(14)5-3-9)8-16(13(15)19)7-6-12(17)18/h2-5,11H,6-8H2,1H3,(H,17,18). The summed E-state index contributed by atoms with van der Waals surface area (Å²) in [6.07, 6.45) is -0.0212. The van der Waals surface area contributed by atoms with E-state index in [1.807, 2.05) is 24.3 Å². The molecule has 1 N–H and O–H groups in total. The van der Waals surface area contributed by atoms with Crippen LogP contribution in [0.2, 0.25) is 0 Å². The van der Waals surface area contributed by atoms with Gasteiger partial charge in [0.1, 0.15) is 0 Å². The van der Waals surface area contributed by atoms with Crippen molar-refractivity contribution in [3.05, 3.63) is 34.3 Å². The fraction of sp³-hybridized carbons (Fsp3) is 0.385. The summed E-state index contributed by atoms with van der Waals surface area (Å²) >= 11 is 3.38. The number of amides is 2. The average Bonchev–Trinajstić information content (AvgIpc) is 2.65. The molecule has 0 radical (unpaired) electrons. The summed E-state index contributed by atoms with van der Waals surface area (Å²) < 4.78 is 0.992. The molecule has 5 nitrogen and oxygen atoms in total. The van der Waals surface area contributed by atoms with Gasteiger partial charge in [-0.05, 0) is 17.7 Å². The van der Waals surface area contributed by atoms with Crippen LogP contribution in [-0.2, 0) is 4.79 Å². The zero-order chi connectivity index (χ0) is 14.0. The Morgan fingerprint density at radius 1 is 1.42 bits per heavy atom. The van der Waals surface area contributed by atoms with Gasteiger partial charge in [-0.1, -0.05) is 28.1 Å². The van der Waals surface area contributed by atoms with E-state index in [4.69, 9.17) is 5.11 Å². The molecule has 1 aromatic rings. The van der Waals surface area contributed by atoms with Gasteiger partial charge in [0.05, 0.1) is 12.5 Å². The van der Waals surface area contributed by atoms with E-state index in [9.17, 15) is 9.59 Å². The highest BCUT2D eigenvalue weighted by atomic mass is 79.9. The van der Waals surface area contributed by atoms with Crippen LogP contribution in [0.4, 0.5) is 4.79 Å². The van der Waals surface area contributed by atoms with E-state index in [-0.39, 0.29) is 25.0 Å². The van der Waals surface area contributed by atoms with Gasteiger partial charge in [0.25, 0.3) is 0 Å². The van der Waals surface area contributed by atoms with E-state index in [1.165, 1.54) is 0 Å². The van der Waals surface area contributed by atoms with Crippen LogP contribution in [0.15, 0.2) is 28.7 Å². The Bertz CT molecular complexity index is 489. The molecule has 0 aliphatic carbocycles. The van der Waals surface area contributed by atoms with Gasteiger partial charge in [0.15, 0.2) is 0 Å². The number of halogens is 1. The molecule has 0 saturated carbocycles. The SMILES string of the molecule is CN1C(=O)N(CCC(=O)O)CC1c1ccc(Br)cc1. The van der Waals surface area contributed by atoms with E-state index in [2.05, 4.69) is 15.9 Å². The van der Waals surface area contributed by atoms with Crippen LogP contribution in [0.5, 0.6) is 0 Å². The molecule has 0 aromatic heterocycles. The Kier molecular flexibility index (Phi) is 4.09. The molecule has 1 aliphatic heterocycles. The fourth-order valence-corrected chi connectivity index (χ4v) is 2.46. The van der Waals surface area contributed by atoms with Crippen LogP contribution in [0.3, 0.4) is 0 Å². The maximum Gasteiger partial charge on any atom is 0.320 e. The molecule has 0 bridgehead atoms. The second-order valence-corrected chi connectivity index (χ2v) is 5.47. The van der Waals surface area contributed by atoms with Gasteiger partial charge >= 0.3 is 12.0 Å². The molecule has 1 atom stereocenters. The first kappa shape index (κ1) is 13.9. The summed E-state index contributed by atoms with van der Waals surface area (Å²) in [5.41, 5.74) is 1.05. The van der Waals surface area contributed by atoms with Crippen LogP contribution in [0.25, 0.3) is 0 Å². The highest BCUT2D eigenvalue weighted by Crippen LogP contribution is 2.28. The lowest BCUT2D eigenvalue weighted by molar-refractivity contribution is -0.137. The normalized spacial score (nSPS) is 19.1. The van der Waals surface area contributed by atoms with Gasteiger partial charge in [-0.25, -0.2) is 4.79 Å². The molecular formula is C13H15BrN2O3. The van der Waals surface area contributed by atoms with E-state index < -0.39 is 5.97 Å². The molecule has 102 valence electrons. The van der Waals surface area contributed by atoms with Crippen molar-refractivity contribution in [3.8, 4) is 0 Å². The first-order chi connectivity index (χ1) is 8.99. The topological polar surface area (TPSA) is 60.9 Å². The number of carbonyl (C=O) groups is 2. The molecule has 2 amide bonds. The largest absolute Gasteiger partial charge is 0.481 e. The molecule has 2 rings (SSSR count). The van der Waals surface area contributed by atoms with E-state index in [0.29, 0.717) is 6.54 Å². The zero-order valence-electron chi connectivity index (χ0n) is 10.5. The quantitative estimate of drug-likeness (QED) is 0.923. The number of aliphatic carboxylic acids is 1. The maximum absolute atomic E-state index is 12.0. The first-order valence-corrected chi connectivity index (χ1v) is 6.77. The Balaban J connectivity index is 2.09. The first-order valence-electron chi connectivity index (χ1n) is 5.98. The van der Waals surface area contributed by atoms with Crippen molar-refractivity contribution < 1.29 is 14.7 Å². The number of hydrogen-bond donors (Lipinski definition) is 1. The van der Waals surface area contributed by atoms with E-state index >= 15 is 0 Å². The lowest BCUT2D eigenvalue weighted by Crippen LogP contribution is -2.31. The molecule has 1 heterocycles. The van der Waals surface area contributed by atoms with Crippen LogP contribution < -0.4 is 0 Å². The van der Waals surface area contributed by atoms with Crippen molar-refractivity contribution in [2.75, 3.05) is 20.1 Å². The van der Waals surface area contributed by atoms with Gasteiger partial charge in [-0.15, -0.1) is 0 Å². The van der Waals surface area contributed by atoms with Crippen LogP contribution in [-0.4, -0.2) is 47.0 Å². The number of nitrogens with zero attached hydrogens (tertiary/aromatic N) is 2. The predicted octanol–water partition coefficient (Wildman–Crippen LogP) is 2.33. The van der Waals surface area contributed by atoms with Crippen molar-refractivity contribution in [3.63, 3.8) is 0 Å². The third kappa shape index (κ3) is 3.07. The highest BCUT2D eigenvalue weighted by Gasteiger charge is 2.35. The number of urea groups is 1. The number of carboxylic acid groups (broad SMARTS) is 1. The van der Waals surface area contributed by atoms with Crippen LogP contribution >= 0.6 is 15.9 Å². The van der Waals surface area contributed by atoms with Crippen molar-refractivity contribution >= 4 is 27.9 Å². The lowest BCUT2D eigenvalue weighted by atomic mass is 10.1. The minimum absolute atomic E-state index is 0.0191. The highest BCUT2D eigenvalue weighted by molar-refractivity contribution is 9.10. The second-order valence-electron chi connectivity index (χ2n) is 4.55. The predicted molar refractivity (Wildman–Crippen MR) is 73.9 cm³/mol. The average molecular weight is 327 g/mol. The fourth-order valence-electron chi connectivity index (χ4n) is 2.20. The summed E-state index contributed by atoms with van der Waals surface area (Å²) in [4.78, 5) is 25.8. The van der Waals surface area contributed by atoms with Crippen molar-refractivity contribution in [2.24, 2.45) is 0 Å². The van der Waals surface area contributed by atoms with Gasteiger partial charge < -0.3 is 14.9 Å². The molecule has 0 spiro atoms. The van der Waals surface area contributed by atoms with Gasteiger partial charge in [-0.3, -0.25) is 4.79 Å². The van der Waals surface area contributed by atoms with Crippen LogP contribution in [0, 0.1) is 0 Å². The van der Waals surface area contributed by atoms with Crippen molar-refractivity contribution in [1.82, 2.24) is 9.80 Å². The smallest absolute Gasteiger partial charge is 0.320 e. The number of hydrogen-bond acceptors (Lipinski definition) is 2. The van der Waals surface area contributed by atoms with Gasteiger partial charge in [-0.2, -0.15) is 0 Å². The monoisotopic (exact) mass is 326 g/mol. The summed E-state index contributed by atoms with van der Waals surface area (Å²) in [6.45, 7) is 0.787. The van der Waals surface area contributed by atoms with Gasteiger partial charge in [0.2, 0.25) is 0 Å². The molecule has 1 aromatic carbocycles. The Labute approximate surface area is 119 Å². The minimum atomic E-state index is -0.887. The summed E-state index contributed by atoms with van der Waals surface area (Å²) in [5.74, 6) is -0.887. The number of rotatable bonds is 4. The Morgan fingerprint density at radius 2 is 2.05 bits per heavy atom.